The summed E-state index contributed by atoms with van der Waals surface area (Å²) in [6.07, 6.45) is 2.40. The van der Waals surface area contributed by atoms with E-state index in [9.17, 15) is 51.9 Å². The number of fused-ring (bicyclic) bond motifs is 6. The fourth-order valence-corrected chi connectivity index (χ4v) is 9.76. The van der Waals surface area contributed by atoms with E-state index in [1.807, 2.05) is 0 Å². The van der Waals surface area contributed by atoms with Crippen molar-refractivity contribution in [1.82, 2.24) is 30.0 Å². The van der Waals surface area contributed by atoms with Crippen molar-refractivity contribution in [3.05, 3.63) is 132 Å². The van der Waals surface area contributed by atoms with E-state index in [4.69, 9.17) is 0 Å². The summed E-state index contributed by atoms with van der Waals surface area (Å²) < 4.78 is 138. The Morgan fingerprint density at radius 2 is 1.08 bits per heavy atom. The number of benzene rings is 7. The molecule has 20 nitrogen and oxygen atoms in total. The van der Waals surface area contributed by atoms with E-state index in [1.54, 1.807) is 55.5 Å². The van der Waals surface area contributed by atoms with Gasteiger partial charge in [0.25, 0.3) is 40.5 Å². The van der Waals surface area contributed by atoms with E-state index in [0.717, 1.165) is 23.0 Å². The van der Waals surface area contributed by atoms with Crippen LogP contribution in [0.2, 0.25) is 0 Å². The molecular formula is C41H28N8O12S4. The molecule has 0 saturated heterocycles. The number of aryl methyl sites for hydroxylation is 1. The molecule has 0 aliphatic carbocycles. The molecule has 0 radical (unpaired) electrons. The first-order valence-electron chi connectivity index (χ1n) is 18.6. The van der Waals surface area contributed by atoms with Crippen LogP contribution in [0.25, 0.3) is 67.1 Å². The Labute approximate surface area is 367 Å². The molecule has 0 aliphatic heterocycles. The Kier molecular flexibility index (Phi) is 10.3. The third kappa shape index (κ3) is 8.38. The van der Waals surface area contributed by atoms with Crippen molar-refractivity contribution in [2.24, 2.45) is 10.2 Å². The Morgan fingerprint density at radius 3 is 1.72 bits per heavy atom. The summed E-state index contributed by atoms with van der Waals surface area (Å²) in [5.74, 6) is 0. The highest BCUT2D eigenvalue weighted by Crippen LogP contribution is 2.33. The van der Waals surface area contributed by atoms with Gasteiger partial charge in [-0.2, -0.15) is 53.5 Å². The van der Waals surface area contributed by atoms with Gasteiger partial charge >= 0.3 is 0 Å². The summed E-state index contributed by atoms with van der Waals surface area (Å²) in [6.45, 7) is 1.75. The van der Waals surface area contributed by atoms with Crippen molar-refractivity contribution in [1.29, 1.82) is 0 Å². The van der Waals surface area contributed by atoms with Gasteiger partial charge in [0.1, 0.15) is 36.8 Å². The van der Waals surface area contributed by atoms with Gasteiger partial charge in [0.2, 0.25) is 0 Å². The maximum absolute atomic E-state index is 12.6. The second-order valence-corrected chi connectivity index (χ2v) is 20.0. The molecule has 9 rings (SSSR count). The third-order valence-corrected chi connectivity index (χ3v) is 13.7. The number of hydrogen-bond acceptors (Lipinski definition) is 14. The summed E-state index contributed by atoms with van der Waals surface area (Å²) in [6, 6.07) is 27.4. The Morgan fingerprint density at radius 1 is 0.492 bits per heavy atom. The number of hydrogen-bond donors (Lipinski definition) is 4. The van der Waals surface area contributed by atoms with Crippen LogP contribution in [0.4, 0.5) is 11.4 Å². The van der Waals surface area contributed by atoms with Gasteiger partial charge in [-0.3, -0.25) is 18.2 Å². The van der Waals surface area contributed by atoms with E-state index < -0.39 is 55.2 Å². The van der Waals surface area contributed by atoms with Gasteiger partial charge in [-0.05, 0) is 95.7 Å². The molecule has 65 heavy (non-hydrogen) atoms. The van der Waals surface area contributed by atoms with E-state index in [-0.39, 0.29) is 43.8 Å². The minimum absolute atomic E-state index is 0.0286. The lowest BCUT2D eigenvalue weighted by Crippen LogP contribution is -2.05. The van der Waals surface area contributed by atoms with E-state index in [2.05, 4.69) is 30.6 Å². The molecule has 7 aromatic carbocycles. The van der Waals surface area contributed by atoms with Crippen LogP contribution in [-0.4, -0.2) is 81.9 Å². The van der Waals surface area contributed by atoms with Crippen LogP contribution in [-0.2, 0) is 40.5 Å². The summed E-state index contributed by atoms with van der Waals surface area (Å²) in [5.41, 5.74) is 2.75. The van der Waals surface area contributed by atoms with Crippen molar-refractivity contribution in [3.8, 4) is 11.4 Å². The maximum Gasteiger partial charge on any atom is 0.295 e. The molecule has 0 fully saturated rings. The summed E-state index contributed by atoms with van der Waals surface area (Å²) >= 11 is 0. The predicted molar refractivity (Wildman–Crippen MR) is 236 cm³/mol. The highest BCUT2D eigenvalue weighted by Gasteiger charge is 2.22. The van der Waals surface area contributed by atoms with E-state index >= 15 is 0 Å². The fraction of sp³-hybridized carbons (Fsp3) is 0.0244. The molecule has 2 aromatic heterocycles. The van der Waals surface area contributed by atoms with Crippen LogP contribution >= 0.6 is 0 Å². The fourth-order valence-electron chi connectivity index (χ4n) is 7.13. The summed E-state index contributed by atoms with van der Waals surface area (Å²) in [4.78, 5) is 0.521. The smallest absolute Gasteiger partial charge is 0.282 e. The zero-order chi connectivity index (χ0) is 46.2. The van der Waals surface area contributed by atoms with Gasteiger partial charge in [-0.15, -0.1) is 20.4 Å². The molecule has 328 valence electrons. The lowest BCUT2D eigenvalue weighted by molar-refractivity contribution is 0.480. The molecule has 24 heteroatoms. The topological polar surface area (TPSA) is 304 Å². The first-order chi connectivity index (χ1) is 30.6. The minimum Gasteiger partial charge on any atom is -0.282 e. The quantitative estimate of drug-likeness (QED) is 0.0592. The van der Waals surface area contributed by atoms with Gasteiger partial charge in [0.15, 0.2) is 0 Å². The number of nitrogens with zero attached hydrogens (tertiary/aromatic N) is 8. The average Bonchev–Trinajstić information content (AvgIpc) is 3.89. The molecule has 0 amide bonds. The molecule has 0 aliphatic rings. The lowest BCUT2D eigenvalue weighted by atomic mass is 10.1. The molecule has 4 N–H and O–H groups in total. The number of azo groups is 1. The first-order valence-corrected chi connectivity index (χ1v) is 24.4. The molecule has 0 spiro atoms. The van der Waals surface area contributed by atoms with Crippen molar-refractivity contribution >= 4 is 108 Å². The molecule has 2 heterocycles. The van der Waals surface area contributed by atoms with Crippen LogP contribution in [0.1, 0.15) is 16.7 Å². The van der Waals surface area contributed by atoms with Gasteiger partial charge in [-0.25, -0.2) is 0 Å². The van der Waals surface area contributed by atoms with Crippen molar-refractivity contribution in [2.75, 3.05) is 0 Å². The molecule has 0 bridgehead atoms. The molecular weight excluding hydrogens is 925 g/mol. The van der Waals surface area contributed by atoms with Gasteiger partial charge in [0.05, 0.1) is 27.6 Å². The van der Waals surface area contributed by atoms with Crippen LogP contribution < -0.4 is 0 Å². The zero-order valence-electron chi connectivity index (χ0n) is 32.9. The Hall–Kier alpha value is -7.16. The largest absolute Gasteiger partial charge is 0.295 e. The van der Waals surface area contributed by atoms with Gasteiger partial charge in [-0.1, -0.05) is 60.7 Å². The summed E-state index contributed by atoms with van der Waals surface area (Å²) in [7, 11) is -18.9. The van der Waals surface area contributed by atoms with Crippen molar-refractivity contribution in [2.45, 2.75) is 26.5 Å². The minimum atomic E-state index is -4.94. The molecule has 0 unspecified atom stereocenters. The van der Waals surface area contributed by atoms with E-state index in [0.29, 0.717) is 44.1 Å². The highest BCUT2D eigenvalue weighted by atomic mass is 32.2. The van der Waals surface area contributed by atoms with Crippen LogP contribution in [0.15, 0.2) is 145 Å². The Balaban J connectivity index is 0.991. The second-order valence-electron chi connectivity index (χ2n) is 14.4. The van der Waals surface area contributed by atoms with Gasteiger partial charge < -0.3 is 0 Å². The maximum atomic E-state index is 12.6. The molecule has 0 saturated carbocycles. The third-order valence-electron chi connectivity index (χ3n) is 10.2. The lowest BCUT2D eigenvalue weighted by Gasteiger charge is -2.08. The van der Waals surface area contributed by atoms with Crippen LogP contribution in [0.3, 0.4) is 0 Å². The standard InChI is InChI=1S/C41H28N8O12S4/c1-23-18-28(48-44-35-16-10-26-19-30(62(50,51)52)14-15-31(26)40(35)46-48)13-17-34(23)43-42-27-11-8-24(37(20-27)63(53,54)55)6-7-25-9-12-29(21-38(25)64(56,57)58)49-45-36-22-39(65(59,60)61)32-4-2-3-5-33(32)41(36)47-49/h2-22H,1H3,(H,50,51,52)(H,53,54,55)(H,56,57,58)(H,59,60,61)/b7-6+,43-42?. The average molecular weight is 953 g/mol. The molecule has 9 aromatic rings. The normalized spacial score (nSPS) is 13.1. The first kappa shape index (κ1) is 43.1. The second kappa shape index (κ2) is 15.5. The van der Waals surface area contributed by atoms with Crippen molar-refractivity contribution in [3.63, 3.8) is 0 Å². The van der Waals surface area contributed by atoms with Crippen molar-refractivity contribution < 1.29 is 51.9 Å². The summed E-state index contributed by atoms with van der Waals surface area (Å²) in [5, 5.41) is 27.9. The number of rotatable bonds is 10. The molecule has 0 atom stereocenters. The van der Waals surface area contributed by atoms with Crippen LogP contribution in [0, 0.1) is 6.92 Å². The zero-order valence-corrected chi connectivity index (χ0v) is 36.2. The monoisotopic (exact) mass is 952 g/mol. The van der Waals surface area contributed by atoms with Crippen LogP contribution in [0.5, 0.6) is 0 Å². The Bertz CT molecular complexity index is 4040. The number of aromatic nitrogens is 6. The van der Waals surface area contributed by atoms with E-state index in [1.165, 1.54) is 65.5 Å². The highest BCUT2D eigenvalue weighted by molar-refractivity contribution is 7.86. The van der Waals surface area contributed by atoms with Gasteiger partial charge in [0, 0.05) is 16.2 Å². The SMILES string of the molecule is Cc1cc(-n2nc3ccc4cc(S(=O)(=O)O)ccc4c3n2)ccc1N=Nc1ccc(/C=C/c2ccc(-n3nc4cc(S(=O)(=O)O)c5ccccc5c4n3)cc2S(=O)(=O)O)c(S(=O)(=O)O)c1. The predicted octanol–water partition coefficient (Wildman–Crippen LogP) is 7.34.